The van der Waals surface area contributed by atoms with Gasteiger partial charge in [0.2, 0.25) is 5.78 Å². The molecule has 1 rings (SSSR count). The zero-order chi connectivity index (χ0) is 12.1. The van der Waals surface area contributed by atoms with Gasteiger partial charge >= 0.3 is 11.9 Å². The van der Waals surface area contributed by atoms with E-state index in [2.05, 4.69) is 4.74 Å². The Balaban J connectivity index is 2.69. The van der Waals surface area contributed by atoms with Crippen LogP contribution >= 0.6 is 11.6 Å². The van der Waals surface area contributed by atoms with Gasteiger partial charge in [0.25, 0.3) is 0 Å². The number of carbonyl (C=O) groups excluding carboxylic acids is 3. The quantitative estimate of drug-likeness (QED) is 0.461. The molecular formula is C11H9ClO4. The van der Waals surface area contributed by atoms with Gasteiger partial charge in [0.05, 0.1) is 5.56 Å². The average molecular weight is 241 g/mol. The lowest BCUT2D eigenvalue weighted by atomic mass is 10.2. The van der Waals surface area contributed by atoms with Crippen molar-refractivity contribution in [2.45, 2.75) is 13.3 Å². The summed E-state index contributed by atoms with van der Waals surface area (Å²) in [5.41, 5.74) is 0.168. The Bertz CT molecular complexity index is 422. The normalized spacial score (nSPS) is 9.62. The topological polar surface area (TPSA) is 60.4 Å². The number of ketones is 1. The molecule has 5 heteroatoms. The Labute approximate surface area is 97.2 Å². The Morgan fingerprint density at radius 2 is 1.75 bits per heavy atom. The molecule has 0 heterocycles. The third-order valence-electron chi connectivity index (χ3n) is 1.81. The molecule has 0 bridgehead atoms. The van der Waals surface area contributed by atoms with E-state index in [4.69, 9.17) is 11.6 Å². The van der Waals surface area contributed by atoms with Crippen LogP contribution in [0.1, 0.15) is 23.7 Å². The summed E-state index contributed by atoms with van der Waals surface area (Å²) in [5.74, 6) is -2.73. The van der Waals surface area contributed by atoms with Crippen LogP contribution in [0.15, 0.2) is 24.3 Å². The van der Waals surface area contributed by atoms with Crippen LogP contribution in [0.25, 0.3) is 0 Å². The van der Waals surface area contributed by atoms with Crippen molar-refractivity contribution in [3.05, 3.63) is 34.9 Å². The van der Waals surface area contributed by atoms with Crippen molar-refractivity contribution in [1.29, 1.82) is 0 Å². The second-order valence-electron chi connectivity index (χ2n) is 2.96. The second-order valence-corrected chi connectivity index (χ2v) is 3.40. The minimum absolute atomic E-state index is 0.00668. The van der Waals surface area contributed by atoms with E-state index in [0.29, 0.717) is 5.02 Å². The molecule has 1 aromatic carbocycles. The van der Waals surface area contributed by atoms with Gasteiger partial charge in [-0.25, -0.2) is 9.59 Å². The molecule has 0 amide bonds. The predicted octanol–water partition coefficient (Wildman–Crippen LogP) is 2.00. The van der Waals surface area contributed by atoms with Gasteiger partial charge in [-0.15, -0.1) is 0 Å². The maximum Gasteiger partial charge on any atom is 0.382 e. The van der Waals surface area contributed by atoms with Crippen LogP contribution < -0.4 is 0 Å². The lowest BCUT2D eigenvalue weighted by molar-refractivity contribution is -0.149. The minimum Gasteiger partial charge on any atom is -0.384 e. The molecule has 0 N–H and O–H groups in total. The molecule has 84 valence electrons. The van der Waals surface area contributed by atoms with Gasteiger partial charge in [0.15, 0.2) is 0 Å². The summed E-state index contributed by atoms with van der Waals surface area (Å²) >= 11 is 5.62. The summed E-state index contributed by atoms with van der Waals surface area (Å²) in [6.07, 6.45) is 0.00668. The molecule has 0 radical (unpaired) electrons. The highest BCUT2D eigenvalue weighted by Gasteiger charge is 2.18. The third kappa shape index (κ3) is 3.17. The number of carbonyl (C=O) groups is 3. The number of benzene rings is 1. The number of rotatable bonds is 3. The standard InChI is InChI=1S/C11H9ClO4/c1-2-9(13)11(15)16-10(14)7-3-5-8(12)6-4-7/h3-6H,2H2,1H3. The molecule has 0 spiro atoms. The smallest absolute Gasteiger partial charge is 0.382 e. The highest BCUT2D eigenvalue weighted by Crippen LogP contribution is 2.10. The molecule has 0 unspecified atom stereocenters. The van der Waals surface area contributed by atoms with Crippen LogP contribution in [0.4, 0.5) is 0 Å². The van der Waals surface area contributed by atoms with Crippen LogP contribution in [-0.2, 0) is 14.3 Å². The van der Waals surface area contributed by atoms with Crippen molar-refractivity contribution >= 4 is 29.3 Å². The molecular weight excluding hydrogens is 232 g/mol. The summed E-state index contributed by atoms with van der Waals surface area (Å²) in [4.78, 5) is 33.2. The molecule has 16 heavy (non-hydrogen) atoms. The predicted molar refractivity (Wildman–Crippen MR) is 57.2 cm³/mol. The molecule has 0 aliphatic heterocycles. The van der Waals surface area contributed by atoms with Crippen LogP contribution in [-0.4, -0.2) is 17.7 Å². The van der Waals surface area contributed by atoms with Gasteiger partial charge in [-0.3, -0.25) is 4.79 Å². The van der Waals surface area contributed by atoms with Crippen LogP contribution in [0, 0.1) is 0 Å². The highest BCUT2D eigenvalue weighted by molar-refractivity contribution is 6.35. The van der Waals surface area contributed by atoms with Crippen molar-refractivity contribution < 1.29 is 19.1 Å². The monoisotopic (exact) mass is 240 g/mol. The zero-order valence-electron chi connectivity index (χ0n) is 8.53. The summed E-state index contributed by atoms with van der Waals surface area (Å²) in [6, 6.07) is 5.80. The molecule has 0 saturated carbocycles. The molecule has 4 nitrogen and oxygen atoms in total. The van der Waals surface area contributed by atoms with Gasteiger partial charge in [0.1, 0.15) is 0 Å². The lowest BCUT2D eigenvalue weighted by Gasteiger charge is -2.01. The van der Waals surface area contributed by atoms with Crippen molar-refractivity contribution in [3.63, 3.8) is 0 Å². The fourth-order valence-electron chi connectivity index (χ4n) is 0.930. The molecule has 0 atom stereocenters. The number of hydrogen-bond donors (Lipinski definition) is 0. The van der Waals surface area contributed by atoms with Crippen molar-refractivity contribution in [1.82, 2.24) is 0 Å². The Kier molecular flexibility index (Phi) is 4.19. The number of esters is 2. The maximum absolute atomic E-state index is 11.3. The number of ether oxygens (including phenoxy) is 1. The first-order chi connectivity index (χ1) is 7.54. The van der Waals surface area contributed by atoms with E-state index in [1.54, 1.807) is 0 Å². The molecule has 1 aromatic rings. The van der Waals surface area contributed by atoms with Gasteiger partial charge in [-0.1, -0.05) is 18.5 Å². The molecule has 0 aromatic heterocycles. The zero-order valence-corrected chi connectivity index (χ0v) is 9.28. The van der Waals surface area contributed by atoms with E-state index in [0.717, 1.165) is 0 Å². The molecule has 0 aliphatic rings. The minimum atomic E-state index is -1.14. The number of hydrogen-bond acceptors (Lipinski definition) is 4. The van der Waals surface area contributed by atoms with E-state index in [9.17, 15) is 14.4 Å². The summed E-state index contributed by atoms with van der Waals surface area (Å²) in [6.45, 7) is 1.51. The van der Waals surface area contributed by atoms with Gasteiger partial charge < -0.3 is 4.74 Å². The Morgan fingerprint density at radius 1 is 1.19 bits per heavy atom. The van der Waals surface area contributed by atoms with E-state index in [-0.39, 0.29) is 12.0 Å². The Morgan fingerprint density at radius 3 is 2.25 bits per heavy atom. The number of halogens is 1. The largest absolute Gasteiger partial charge is 0.384 e. The van der Waals surface area contributed by atoms with Gasteiger partial charge in [-0.05, 0) is 24.3 Å². The fourth-order valence-corrected chi connectivity index (χ4v) is 1.06. The van der Waals surface area contributed by atoms with Crippen molar-refractivity contribution in [2.24, 2.45) is 0 Å². The van der Waals surface area contributed by atoms with E-state index < -0.39 is 17.7 Å². The molecule has 0 fully saturated rings. The Hall–Kier alpha value is -1.68. The van der Waals surface area contributed by atoms with Crippen molar-refractivity contribution in [3.8, 4) is 0 Å². The van der Waals surface area contributed by atoms with E-state index in [1.165, 1.54) is 31.2 Å². The van der Waals surface area contributed by atoms with E-state index >= 15 is 0 Å². The fraction of sp³-hybridized carbons (Fsp3) is 0.182. The first-order valence-electron chi connectivity index (χ1n) is 4.59. The molecule has 0 saturated heterocycles. The first-order valence-corrected chi connectivity index (χ1v) is 4.97. The average Bonchev–Trinajstić information content (AvgIpc) is 2.28. The number of Topliss-reactive ketones (excluding diaryl/α,β-unsaturated/α-hetero) is 1. The summed E-state index contributed by atoms with van der Waals surface area (Å²) in [5, 5.41) is 0.465. The van der Waals surface area contributed by atoms with E-state index in [1.807, 2.05) is 0 Å². The van der Waals surface area contributed by atoms with Gasteiger partial charge in [0, 0.05) is 11.4 Å². The van der Waals surface area contributed by atoms with Gasteiger partial charge in [-0.2, -0.15) is 0 Å². The second kappa shape index (κ2) is 5.42. The van der Waals surface area contributed by atoms with Crippen LogP contribution in [0.2, 0.25) is 5.02 Å². The first kappa shape index (κ1) is 12.4. The highest BCUT2D eigenvalue weighted by atomic mass is 35.5. The maximum atomic E-state index is 11.3. The molecule has 0 aliphatic carbocycles. The lowest BCUT2D eigenvalue weighted by Crippen LogP contribution is -2.20. The summed E-state index contributed by atoms with van der Waals surface area (Å²) in [7, 11) is 0. The van der Waals surface area contributed by atoms with Crippen LogP contribution in [0.5, 0.6) is 0 Å². The van der Waals surface area contributed by atoms with Crippen molar-refractivity contribution in [2.75, 3.05) is 0 Å². The SMILES string of the molecule is CCC(=O)C(=O)OC(=O)c1ccc(Cl)cc1. The third-order valence-corrected chi connectivity index (χ3v) is 2.07. The summed E-state index contributed by atoms with van der Waals surface area (Å²) < 4.78 is 4.36. The van der Waals surface area contributed by atoms with Crippen LogP contribution in [0.3, 0.4) is 0 Å².